The Morgan fingerprint density at radius 2 is 0.700 bits per heavy atom. The Hall–Kier alpha value is -6.16. The number of aryl methyl sites for hydroxylation is 4. The van der Waals surface area contributed by atoms with Gasteiger partial charge in [0.1, 0.15) is 23.0 Å². The number of hydrogen-bond acceptors (Lipinski definition) is 8. The lowest BCUT2D eigenvalue weighted by Crippen LogP contribution is -1.96. The van der Waals surface area contributed by atoms with Crippen LogP contribution in [-0.4, -0.2) is 38.3 Å². The van der Waals surface area contributed by atoms with Crippen LogP contribution in [0.2, 0.25) is 0 Å². The van der Waals surface area contributed by atoms with Crippen molar-refractivity contribution < 1.29 is 28.8 Å². The summed E-state index contributed by atoms with van der Waals surface area (Å²) in [7, 11) is 6.39. The first-order valence-electron chi connectivity index (χ1n) is 15.6. The molecule has 0 saturated carbocycles. The van der Waals surface area contributed by atoms with Gasteiger partial charge in [0.05, 0.1) is 38.3 Å². The summed E-state index contributed by atoms with van der Waals surface area (Å²) in [4.78, 5) is 22.0. The zero-order valence-corrected chi connectivity index (χ0v) is 29.4. The highest BCUT2D eigenvalue weighted by atomic mass is 16.6. The Morgan fingerprint density at radius 3 is 0.940 bits per heavy atom. The molecular weight excluding hydrogens is 636 g/mol. The van der Waals surface area contributed by atoms with Crippen LogP contribution in [0.5, 0.6) is 23.0 Å². The molecule has 0 aliphatic heterocycles. The van der Waals surface area contributed by atoms with Gasteiger partial charge in [-0.1, -0.05) is 48.6 Å². The lowest BCUT2D eigenvalue weighted by molar-refractivity contribution is -0.386. The first kappa shape index (κ1) is 36.7. The van der Waals surface area contributed by atoms with Crippen LogP contribution in [0.3, 0.4) is 0 Å². The Kier molecular flexibility index (Phi) is 12.0. The minimum Gasteiger partial charge on any atom is -0.496 e. The number of allylic oxidation sites excluding steroid dienone is 2. The van der Waals surface area contributed by atoms with Crippen molar-refractivity contribution in [3.8, 4) is 23.0 Å². The van der Waals surface area contributed by atoms with Gasteiger partial charge in [-0.2, -0.15) is 0 Å². The Labute approximate surface area is 291 Å². The molecule has 0 spiro atoms. The molecule has 0 aliphatic rings. The molecule has 50 heavy (non-hydrogen) atoms. The number of rotatable bonds is 13. The average molecular weight is 677 g/mol. The Morgan fingerprint density at radius 1 is 0.440 bits per heavy atom. The fourth-order valence-corrected chi connectivity index (χ4v) is 5.85. The summed E-state index contributed by atoms with van der Waals surface area (Å²) in [5.74, 6) is 2.55. The quantitative estimate of drug-likeness (QED) is 0.0593. The van der Waals surface area contributed by atoms with E-state index in [9.17, 15) is 20.2 Å². The van der Waals surface area contributed by atoms with Crippen LogP contribution in [0.15, 0.2) is 60.7 Å². The van der Waals surface area contributed by atoms with Gasteiger partial charge in [0.25, 0.3) is 11.4 Å². The SMILES string of the molecule is COc1cc(/C=C/c2cc(C)c([N+](=O)[O-])c(C)c2)c(OC)cc1/C=C/C=C/c1cc(OC)c(/C=C/c2cc(C)c([N+](=O)[O-])c(C)c2)cc1OC. The van der Waals surface area contributed by atoms with E-state index in [0.717, 1.165) is 33.4 Å². The number of nitro benzene ring substituents is 2. The number of nitro groups is 2. The molecule has 0 amide bonds. The predicted molar refractivity (Wildman–Crippen MR) is 200 cm³/mol. The highest BCUT2D eigenvalue weighted by Gasteiger charge is 2.16. The van der Waals surface area contributed by atoms with Crippen molar-refractivity contribution in [1.82, 2.24) is 0 Å². The average Bonchev–Trinajstić information content (AvgIpc) is 3.07. The fourth-order valence-electron chi connectivity index (χ4n) is 5.85. The highest BCUT2D eigenvalue weighted by Crippen LogP contribution is 2.34. The van der Waals surface area contributed by atoms with Crippen molar-refractivity contribution in [2.24, 2.45) is 0 Å². The second-order valence-corrected chi connectivity index (χ2v) is 11.6. The monoisotopic (exact) mass is 676 g/mol. The van der Waals surface area contributed by atoms with Crippen molar-refractivity contribution >= 4 is 47.8 Å². The summed E-state index contributed by atoms with van der Waals surface area (Å²) in [6.45, 7) is 6.92. The van der Waals surface area contributed by atoms with Crippen LogP contribution in [0.1, 0.15) is 55.6 Å². The second-order valence-electron chi connectivity index (χ2n) is 11.6. The second kappa shape index (κ2) is 16.3. The van der Waals surface area contributed by atoms with E-state index in [2.05, 4.69) is 0 Å². The van der Waals surface area contributed by atoms with Gasteiger partial charge in [0, 0.05) is 44.5 Å². The molecule has 0 atom stereocenters. The molecule has 0 heterocycles. The normalized spacial score (nSPS) is 11.6. The van der Waals surface area contributed by atoms with Crippen molar-refractivity contribution in [2.75, 3.05) is 28.4 Å². The zero-order valence-electron chi connectivity index (χ0n) is 29.4. The summed E-state index contributed by atoms with van der Waals surface area (Å²) >= 11 is 0. The first-order valence-corrected chi connectivity index (χ1v) is 15.6. The topological polar surface area (TPSA) is 123 Å². The molecule has 4 rings (SSSR count). The van der Waals surface area contributed by atoms with Crippen LogP contribution in [0, 0.1) is 47.9 Å². The van der Waals surface area contributed by atoms with Crippen molar-refractivity contribution in [1.29, 1.82) is 0 Å². The number of nitrogens with zero attached hydrogens (tertiary/aromatic N) is 2. The number of hydrogen-bond donors (Lipinski definition) is 0. The summed E-state index contributed by atoms with van der Waals surface area (Å²) in [5, 5.41) is 22.7. The van der Waals surface area contributed by atoms with E-state index < -0.39 is 0 Å². The lowest BCUT2D eigenvalue weighted by Gasteiger charge is -2.12. The molecular formula is C40H40N2O8. The number of ether oxygens (including phenoxy) is 4. The van der Waals surface area contributed by atoms with Gasteiger partial charge in [-0.3, -0.25) is 20.2 Å². The van der Waals surface area contributed by atoms with Crippen LogP contribution < -0.4 is 18.9 Å². The standard InChI is InChI=1S/C40H40N2O8/c1-25-17-29(18-26(2)39(25)41(43)44)13-15-33-23-35(47-5)31(21-37(33)49-7)11-9-10-12-32-22-38(50-8)34(24-36(32)48-6)16-14-30-19-27(3)40(42(45)46)28(4)20-30/h9-24H,1-8H3/b11-9+,12-10+,15-13+,16-14+. The molecule has 0 radical (unpaired) electrons. The maximum atomic E-state index is 11.4. The molecule has 0 aliphatic carbocycles. The summed E-state index contributed by atoms with van der Waals surface area (Å²) in [6.07, 6.45) is 15.1. The number of benzene rings is 4. The van der Waals surface area contributed by atoms with E-state index in [0.29, 0.717) is 45.3 Å². The van der Waals surface area contributed by atoms with Gasteiger partial charge >= 0.3 is 0 Å². The molecule has 0 fully saturated rings. The first-order chi connectivity index (χ1) is 23.9. The molecule has 10 nitrogen and oxygen atoms in total. The summed E-state index contributed by atoms with van der Waals surface area (Å²) in [5.41, 5.74) is 7.50. The molecule has 4 aromatic carbocycles. The lowest BCUT2D eigenvalue weighted by atomic mass is 10.0. The van der Waals surface area contributed by atoms with Crippen molar-refractivity contribution in [3.05, 3.63) is 137 Å². The predicted octanol–water partition coefficient (Wildman–Crippen LogP) is 9.84. The molecule has 10 heteroatoms. The van der Waals surface area contributed by atoms with E-state index in [1.54, 1.807) is 80.4 Å². The van der Waals surface area contributed by atoms with Crippen LogP contribution in [0.4, 0.5) is 11.4 Å². The van der Waals surface area contributed by atoms with Crippen molar-refractivity contribution in [3.63, 3.8) is 0 Å². The third kappa shape index (κ3) is 8.46. The van der Waals surface area contributed by atoms with Crippen LogP contribution in [-0.2, 0) is 0 Å². The molecule has 258 valence electrons. The minimum absolute atomic E-state index is 0.125. The van der Waals surface area contributed by atoms with E-state index >= 15 is 0 Å². The maximum Gasteiger partial charge on any atom is 0.275 e. The molecule has 0 bridgehead atoms. The third-order valence-electron chi connectivity index (χ3n) is 8.13. The summed E-state index contributed by atoms with van der Waals surface area (Å²) < 4.78 is 22.7. The molecule has 0 N–H and O–H groups in total. The van der Waals surface area contributed by atoms with E-state index in [1.165, 1.54) is 0 Å². The van der Waals surface area contributed by atoms with Gasteiger partial charge in [-0.15, -0.1) is 0 Å². The highest BCUT2D eigenvalue weighted by molar-refractivity contribution is 5.79. The smallest absolute Gasteiger partial charge is 0.275 e. The van der Waals surface area contributed by atoms with E-state index in [4.69, 9.17) is 18.9 Å². The Bertz CT molecular complexity index is 1860. The fraction of sp³-hybridized carbons (Fsp3) is 0.200. The van der Waals surface area contributed by atoms with Crippen LogP contribution in [0.25, 0.3) is 36.5 Å². The van der Waals surface area contributed by atoms with Crippen molar-refractivity contribution in [2.45, 2.75) is 27.7 Å². The Balaban J connectivity index is 1.57. The molecule has 0 unspecified atom stereocenters. The summed E-state index contributed by atoms with van der Waals surface area (Å²) in [6, 6.07) is 14.7. The van der Waals surface area contributed by atoms with Gasteiger partial charge in [0.2, 0.25) is 0 Å². The van der Waals surface area contributed by atoms with E-state index in [1.807, 2.05) is 72.9 Å². The maximum absolute atomic E-state index is 11.4. The number of methoxy groups -OCH3 is 4. The third-order valence-corrected chi connectivity index (χ3v) is 8.13. The molecule has 0 saturated heterocycles. The van der Waals surface area contributed by atoms with Gasteiger partial charge < -0.3 is 18.9 Å². The van der Waals surface area contributed by atoms with Crippen LogP contribution >= 0.6 is 0 Å². The molecule has 0 aromatic heterocycles. The largest absolute Gasteiger partial charge is 0.496 e. The minimum atomic E-state index is -0.357. The molecule has 4 aromatic rings. The van der Waals surface area contributed by atoms with Gasteiger partial charge in [-0.25, -0.2) is 0 Å². The zero-order chi connectivity index (χ0) is 36.5. The van der Waals surface area contributed by atoms with Gasteiger partial charge in [0.15, 0.2) is 0 Å². The van der Waals surface area contributed by atoms with E-state index in [-0.39, 0.29) is 21.2 Å². The van der Waals surface area contributed by atoms with Gasteiger partial charge in [-0.05, 0) is 87.4 Å².